The molecule has 0 radical (unpaired) electrons. The number of piperazine rings is 1. The number of benzene rings is 1. The van der Waals surface area contributed by atoms with E-state index in [9.17, 15) is 4.79 Å². The molecule has 0 spiro atoms. The van der Waals surface area contributed by atoms with Crippen molar-refractivity contribution in [3.05, 3.63) is 35.4 Å². The summed E-state index contributed by atoms with van der Waals surface area (Å²) in [6.07, 6.45) is 4.66. The van der Waals surface area contributed by atoms with E-state index in [1.54, 1.807) is 0 Å². The first-order valence-electron chi connectivity index (χ1n) is 9.09. The highest BCUT2D eigenvalue weighted by Crippen LogP contribution is 2.23. The molecule has 2 fully saturated rings. The first-order chi connectivity index (χ1) is 11.3. The minimum absolute atomic E-state index is 0.307. The van der Waals surface area contributed by atoms with Crippen LogP contribution in [-0.4, -0.2) is 55.0 Å². The summed E-state index contributed by atoms with van der Waals surface area (Å²) in [7, 11) is 0. The van der Waals surface area contributed by atoms with Gasteiger partial charge >= 0.3 is 0 Å². The molecular formula is C19H29N3O. The number of nitrogens with one attached hydrogen (secondary N) is 1. The molecular weight excluding hydrogens is 286 g/mol. The lowest BCUT2D eigenvalue weighted by Gasteiger charge is -2.38. The monoisotopic (exact) mass is 315 g/mol. The van der Waals surface area contributed by atoms with E-state index in [0.717, 1.165) is 52.0 Å². The van der Waals surface area contributed by atoms with E-state index in [2.05, 4.69) is 46.3 Å². The zero-order chi connectivity index (χ0) is 16.1. The van der Waals surface area contributed by atoms with Gasteiger partial charge in [0.25, 0.3) is 0 Å². The van der Waals surface area contributed by atoms with Crippen LogP contribution < -0.4 is 5.32 Å². The van der Waals surface area contributed by atoms with Crippen LogP contribution in [-0.2, 0) is 11.2 Å². The number of hydrogen-bond acceptors (Lipinski definition) is 3. The van der Waals surface area contributed by atoms with Crippen LogP contribution in [0.15, 0.2) is 24.3 Å². The molecule has 2 aliphatic heterocycles. The molecule has 23 heavy (non-hydrogen) atoms. The molecule has 0 aromatic heterocycles. The maximum Gasteiger partial charge on any atom is 0.236 e. The molecule has 1 N–H and O–H groups in total. The molecule has 0 saturated carbocycles. The van der Waals surface area contributed by atoms with Gasteiger partial charge in [-0.3, -0.25) is 9.69 Å². The van der Waals surface area contributed by atoms with E-state index in [1.165, 1.54) is 17.5 Å². The number of piperidine rings is 1. The predicted molar refractivity (Wildman–Crippen MR) is 93.4 cm³/mol. The van der Waals surface area contributed by atoms with E-state index < -0.39 is 0 Å². The van der Waals surface area contributed by atoms with Gasteiger partial charge in [-0.2, -0.15) is 0 Å². The Balaban J connectivity index is 1.66. The molecule has 0 aliphatic carbocycles. The van der Waals surface area contributed by atoms with Gasteiger partial charge in [-0.25, -0.2) is 0 Å². The van der Waals surface area contributed by atoms with Crippen molar-refractivity contribution in [3.63, 3.8) is 0 Å². The average molecular weight is 315 g/mol. The van der Waals surface area contributed by atoms with Gasteiger partial charge in [0.2, 0.25) is 5.91 Å². The van der Waals surface area contributed by atoms with Gasteiger partial charge in [0, 0.05) is 38.8 Å². The van der Waals surface area contributed by atoms with E-state index in [1.807, 2.05) is 0 Å². The van der Waals surface area contributed by atoms with Crippen molar-refractivity contribution >= 4 is 5.91 Å². The first-order valence-corrected chi connectivity index (χ1v) is 9.09. The number of carbonyl (C=O) groups excluding carboxylic acids is 1. The van der Waals surface area contributed by atoms with Crippen LogP contribution in [0.1, 0.15) is 43.4 Å². The molecule has 1 unspecified atom stereocenters. The highest BCUT2D eigenvalue weighted by Gasteiger charge is 2.27. The fourth-order valence-electron chi connectivity index (χ4n) is 3.66. The second-order valence-electron chi connectivity index (χ2n) is 6.73. The summed E-state index contributed by atoms with van der Waals surface area (Å²) in [5.41, 5.74) is 2.69. The number of amides is 1. The molecule has 1 amide bonds. The Morgan fingerprint density at radius 3 is 2.57 bits per heavy atom. The van der Waals surface area contributed by atoms with Crippen LogP contribution in [0.25, 0.3) is 0 Å². The molecule has 2 aliphatic rings. The molecule has 2 heterocycles. The maximum absolute atomic E-state index is 12.6. The first kappa shape index (κ1) is 16.5. The third-order valence-electron chi connectivity index (χ3n) is 5.17. The molecule has 1 atom stereocenters. The van der Waals surface area contributed by atoms with E-state index in [-0.39, 0.29) is 0 Å². The Hall–Kier alpha value is -1.39. The second-order valence-corrected chi connectivity index (χ2v) is 6.73. The summed E-state index contributed by atoms with van der Waals surface area (Å²) in [6, 6.07) is 9.20. The highest BCUT2D eigenvalue weighted by atomic mass is 16.2. The summed E-state index contributed by atoms with van der Waals surface area (Å²) in [5, 5.41) is 3.48. The fraction of sp³-hybridized carbons (Fsp3) is 0.632. The summed E-state index contributed by atoms with van der Waals surface area (Å²) in [4.78, 5) is 17.0. The Morgan fingerprint density at radius 1 is 1.13 bits per heavy atom. The topological polar surface area (TPSA) is 35.6 Å². The molecule has 4 nitrogen and oxygen atoms in total. The summed E-state index contributed by atoms with van der Waals surface area (Å²) in [5.74, 6) is 0.307. The number of carbonyl (C=O) groups is 1. The van der Waals surface area contributed by atoms with E-state index in [4.69, 9.17) is 0 Å². The van der Waals surface area contributed by atoms with E-state index >= 15 is 0 Å². The molecule has 2 saturated heterocycles. The van der Waals surface area contributed by atoms with Crippen LogP contribution in [0.4, 0.5) is 0 Å². The molecule has 4 heteroatoms. The van der Waals surface area contributed by atoms with Gasteiger partial charge < -0.3 is 10.2 Å². The SMILES string of the molecule is CCc1ccc(C2CNCCN2CC(=O)N2CCCCC2)cc1. The maximum atomic E-state index is 12.6. The average Bonchev–Trinajstić information content (AvgIpc) is 2.63. The minimum atomic E-state index is 0.307. The van der Waals surface area contributed by atoms with E-state index in [0.29, 0.717) is 18.5 Å². The number of aryl methyl sites for hydroxylation is 1. The van der Waals surface area contributed by atoms with Crippen molar-refractivity contribution in [1.29, 1.82) is 0 Å². The molecule has 1 aromatic rings. The van der Waals surface area contributed by atoms with Gasteiger partial charge in [-0.1, -0.05) is 31.2 Å². The van der Waals surface area contributed by atoms with Gasteiger partial charge in [-0.05, 0) is 36.8 Å². The quantitative estimate of drug-likeness (QED) is 0.925. The molecule has 1 aromatic carbocycles. The Kier molecular flexibility index (Phi) is 5.68. The van der Waals surface area contributed by atoms with Crippen molar-refractivity contribution in [1.82, 2.24) is 15.1 Å². The molecule has 126 valence electrons. The number of hydrogen-bond donors (Lipinski definition) is 1. The van der Waals surface area contributed by atoms with Crippen molar-refractivity contribution in [3.8, 4) is 0 Å². The largest absolute Gasteiger partial charge is 0.342 e. The van der Waals surface area contributed by atoms with Gasteiger partial charge in [0.1, 0.15) is 0 Å². The third kappa shape index (κ3) is 4.12. The van der Waals surface area contributed by atoms with Crippen molar-refractivity contribution in [2.75, 3.05) is 39.3 Å². The predicted octanol–water partition coefficient (Wildman–Crippen LogP) is 2.21. The fourth-order valence-corrected chi connectivity index (χ4v) is 3.66. The summed E-state index contributed by atoms with van der Waals surface area (Å²) >= 11 is 0. The minimum Gasteiger partial charge on any atom is -0.342 e. The number of rotatable bonds is 4. The van der Waals surface area contributed by atoms with Crippen LogP contribution in [0.2, 0.25) is 0 Å². The third-order valence-corrected chi connectivity index (χ3v) is 5.17. The zero-order valence-electron chi connectivity index (χ0n) is 14.3. The van der Waals surface area contributed by atoms with Gasteiger partial charge in [0.05, 0.1) is 6.54 Å². The smallest absolute Gasteiger partial charge is 0.236 e. The Labute approximate surface area is 139 Å². The van der Waals surface area contributed by atoms with Gasteiger partial charge in [0.15, 0.2) is 0 Å². The Bertz CT molecular complexity index is 508. The lowest BCUT2D eigenvalue weighted by molar-refractivity contribution is -0.134. The van der Waals surface area contributed by atoms with Gasteiger partial charge in [-0.15, -0.1) is 0 Å². The number of nitrogens with zero attached hydrogens (tertiary/aromatic N) is 2. The Morgan fingerprint density at radius 2 is 1.87 bits per heavy atom. The van der Waals surface area contributed by atoms with Crippen molar-refractivity contribution in [2.45, 2.75) is 38.6 Å². The zero-order valence-corrected chi connectivity index (χ0v) is 14.3. The normalized spacial score (nSPS) is 23.0. The van der Waals surface area contributed by atoms with Crippen molar-refractivity contribution in [2.24, 2.45) is 0 Å². The standard InChI is InChI=1S/C19H29N3O/c1-2-16-6-8-17(9-7-16)18-14-20-10-13-22(18)15-19(23)21-11-4-3-5-12-21/h6-9,18,20H,2-5,10-15H2,1H3. The highest BCUT2D eigenvalue weighted by molar-refractivity contribution is 5.78. The molecule has 0 bridgehead atoms. The summed E-state index contributed by atoms with van der Waals surface area (Å²) < 4.78 is 0. The lowest BCUT2D eigenvalue weighted by Crippen LogP contribution is -2.50. The second kappa shape index (κ2) is 7.93. The van der Waals surface area contributed by atoms with Crippen LogP contribution in [0.5, 0.6) is 0 Å². The van der Waals surface area contributed by atoms with Crippen LogP contribution in [0.3, 0.4) is 0 Å². The van der Waals surface area contributed by atoms with Crippen molar-refractivity contribution < 1.29 is 4.79 Å². The van der Waals surface area contributed by atoms with Crippen LogP contribution in [0, 0.1) is 0 Å². The van der Waals surface area contributed by atoms with Crippen LogP contribution >= 0.6 is 0 Å². The number of likely N-dealkylation sites (tertiary alicyclic amines) is 1. The molecule has 3 rings (SSSR count). The summed E-state index contributed by atoms with van der Waals surface area (Å²) in [6.45, 7) is 7.47. The lowest BCUT2D eigenvalue weighted by atomic mass is 10.0.